The van der Waals surface area contributed by atoms with Crippen LogP contribution < -0.4 is 0 Å². The van der Waals surface area contributed by atoms with Crippen LogP contribution in [0, 0.1) is 5.82 Å². The number of aromatic amines is 1. The normalized spacial score (nSPS) is 14.9. The average Bonchev–Trinajstić information content (AvgIpc) is 3.59. The fourth-order valence-corrected chi connectivity index (χ4v) is 6.19. The number of pyridine rings is 1. The number of nitrogens with one attached hydrogen (secondary N) is 1. The maximum atomic E-state index is 13.7. The lowest BCUT2D eigenvalue weighted by Crippen LogP contribution is -2.34. The number of likely N-dealkylation sites (tertiary alicyclic amines) is 1. The lowest BCUT2D eigenvalue weighted by atomic mass is 9.88. The van der Waals surface area contributed by atoms with Crippen molar-refractivity contribution in [3.63, 3.8) is 0 Å². The van der Waals surface area contributed by atoms with Crippen LogP contribution in [-0.4, -0.2) is 39.1 Å². The zero-order valence-electron chi connectivity index (χ0n) is 21.9. The van der Waals surface area contributed by atoms with E-state index in [0.29, 0.717) is 5.92 Å². The van der Waals surface area contributed by atoms with Crippen molar-refractivity contribution in [3.8, 4) is 16.8 Å². The van der Waals surface area contributed by atoms with Crippen molar-refractivity contribution in [2.45, 2.75) is 25.2 Å². The molecular formula is C34H31FN4. The molecule has 1 aliphatic heterocycles. The third-order valence-electron chi connectivity index (χ3n) is 8.33. The van der Waals surface area contributed by atoms with E-state index >= 15 is 0 Å². The molecule has 1 N–H and O–H groups in total. The number of nitrogens with zero attached hydrogens (tertiary/aromatic N) is 3. The minimum Gasteiger partial charge on any atom is -0.361 e. The minimum atomic E-state index is -0.214. The van der Waals surface area contributed by atoms with Crippen LogP contribution in [-0.2, 0) is 6.42 Å². The molecule has 4 heterocycles. The van der Waals surface area contributed by atoms with Gasteiger partial charge in [-0.05, 0) is 103 Å². The summed E-state index contributed by atoms with van der Waals surface area (Å²) in [5.41, 5.74) is 8.43. The molecule has 0 radical (unpaired) electrons. The Kier molecular flexibility index (Phi) is 6.22. The topological polar surface area (TPSA) is 36.9 Å². The molecule has 0 atom stereocenters. The van der Waals surface area contributed by atoms with Crippen molar-refractivity contribution < 1.29 is 4.39 Å². The summed E-state index contributed by atoms with van der Waals surface area (Å²) in [6.07, 6.45) is 11.5. The van der Waals surface area contributed by atoms with E-state index in [9.17, 15) is 4.39 Å². The Morgan fingerprint density at radius 3 is 2.54 bits per heavy atom. The zero-order chi connectivity index (χ0) is 26.2. The Bertz CT molecular complexity index is 1720. The Hall–Kier alpha value is -4.22. The summed E-state index contributed by atoms with van der Waals surface area (Å²) in [5, 5.41) is 2.61. The molecule has 7 rings (SSSR count). The summed E-state index contributed by atoms with van der Waals surface area (Å²) in [7, 11) is 0. The Balaban J connectivity index is 1.15. The average molecular weight is 515 g/mol. The molecule has 1 aliphatic rings. The predicted molar refractivity (Wildman–Crippen MR) is 157 cm³/mol. The molecule has 0 aliphatic carbocycles. The molecule has 3 aromatic carbocycles. The molecule has 6 aromatic rings. The number of H-pyrrole nitrogens is 1. The van der Waals surface area contributed by atoms with Gasteiger partial charge in [-0.15, -0.1) is 0 Å². The van der Waals surface area contributed by atoms with Gasteiger partial charge < -0.3 is 14.5 Å². The summed E-state index contributed by atoms with van der Waals surface area (Å²) < 4.78 is 15.9. The van der Waals surface area contributed by atoms with Gasteiger partial charge in [0, 0.05) is 58.9 Å². The van der Waals surface area contributed by atoms with Gasteiger partial charge >= 0.3 is 0 Å². The second-order valence-corrected chi connectivity index (χ2v) is 10.6. The zero-order valence-corrected chi connectivity index (χ0v) is 21.9. The van der Waals surface area contributed by atoms with Crippen LogP contribution in [0.25, 0.3) is 38.6 Å². The standard InChI is InChI=1S/C34H31FN4/c35-28-8-10-29(11-9-28)39-23-32(31-20-25(7-12-34(31)39)26-4-3-16-36-21-26)24-13-17-38(18-14-24)19-15-27-22-37-33-6-2-1-5-30(27)33/h1-12,16,20-24,37H,13-15,17-19H2. The highest BCUT2D eigenvalue weighted by molar-refractivity contribution is 5.90. The molecule has 39 heavy (non-hydrogen) atoms. The van der Waals surface area contributed by atoms with E-state index < -0.39 is 0 Å². The molecule has 0 unspecified atom stereocenters. The molecule has 3 aromatic heterocycles. The number of hydrogen-bond donors (Lipinski definition) is 1. The second-order valence-electron chi connectivity index (χ2n) is 10.6. The molecule has 0 saturated carbocycles. The van der Waals surface area contributed by atoms with Crippen LogP contribution in [0.5, 0.6) is 0 Å². The quantitative estimate of drug-likeness (QED) is 0.247. The summed E-state index contributed by atoms with van der Waals surface area (Å²) in [6, 6.07) is 26.1. The molecule has 1 saturated heterocycles. The van der Waals surface area contributed by atoms with Crippen molar-refractivity contribution in [3.05, 3.63) is 121 Å². The number of halogens is 1. The van der Waals surface area contributed by atoms with Crippen LogP contribution in [0.4, 0.5) is 4.39 Å². The van der Waals surface area contributed by atoms with Gasteiger partial charge in [-0.2, -0.15) is 0 Å². The van der Waals surface area contributed by atoms with Crippen molar-refractivity contribution in [2.75, 3.05) is 19.6 Å². The molecule has 0 bridgehead atoms. The summed E-state index contributed by atoms with van der Waals surface area (Å²) in [5.74, 6) is 0.275. The highest BCUT2D eigenvalue weighted by Gasteiger charge is 2.24. The molecule has 0 spiro atoms. The van der Waals surface area contributed by atoms with Gasteiger partial charge in [-0.25, -0.2) is 4.39 Å². The molecule has 5 heteroatoms. The smallest absolute Gasteiger partial charge is 0.123 e. The number of fused-ring (bicyclic) bond motifs is 2. The fraction of sp³-hybridized carbons (Fsp3) is 0.206. The molecular weight excluding hydrogens is 483 g/mol. The van der Waals surface area contributed by atoms with Gasteiger partial charge in [0.15, 0.2) is 0 Å². The summed E-state index contributed by atoms with van der Waals surface area (Å²) in [4.78, 5) is 10.3. The predicted octanol–water partition coefficient (Wildman–Crippen LogP) is 7.74. The van der Waals surface area contributed by atoms with Crippen molar-refractivity contribution in [1.82, 2.24) is 19.4 Å². The first kappa shape index (κ1) is 23.9. The number of hydrogen-bond acceptors (Lipinski definition) is 2. The third-order valence-corrected chi connectivity index (χ3v) is 8.33. The van der Waals surface area contributed by atoms with Gasteiger partial charge in [-0.1, -0.05) is 30.3 Å². The number of para-hydroxylation sites is 1. The number of aromatic nitrogens is 3. The number of benzene rings is 3. The fourth-order valence-electron chi connectivity index (χ4n) is 6.19. The van der Waals surface area contributed by atoms with E-state index in [1.54, 1.807) is 0 Å². The van der Waals surface area contributed by atoms with Crippen molar-refractivity contribution in [2.24, 2.45) is 0 Å². The molecule has 0 amide bonds. The Labute approximate surface area is 227 Å². The molecule has 194 valence electrons. The van der Waals surface area contributed by atoms with E-state index in [-0.39, 0.29) is 5.82 Å². The largest absolute Gasteiger partial charge is 0.361 e. The van der Waals surface area contributed by atoms with E-state index in [4.69, 9.17) is 0 Å². The third kappa shape index (κ3) is 4.64. The molecule has 1 fully saturated rings. The van der Waals surface area contributed by atoms with Crippen LogP contribution in [0.3, 0.4) is 0 Å². The van der Waals surface area contributed by atoms with Gasteiger partial charge in [0.05, 0.1) is 5.52 Å². The van der Waals surface area contributed by atoms with Crippen LogP contribution in [0.15, 0.2) is 104 Å². The van der Waals surface area contributed by atoms with Crippen LogP contribution in [0.2, 0.25) is 0 Å². The van der Waals surface area contributed by atoms with Gasteiger partial charge in [0.25, 0.3) is 0 Å². The summed E-state index contributed by atoms with van der Waals surface area (Å²) in [6.45, 7) is 3.27. The first-order valence-corrected chi connectivity index (χ1v) is 13.8. The summed E-state index contributed by atoms with van der Waals surface area (Å²) >= 11 is 0. The molecule has 4 nitrogen and oxygen atoms in total. The SMILES string of the molecule is Fc1ccc(-n2cc(C3CCN(CCc4c[nH]c5ccccc45)CC3)c3cc(-c4cccnc4)ccc32)cc1. The van der Waals surface area contributed by atoms with Crippen molar-refractivity contribution >= 4 is 21.8 Å². The van der Waals surface area contributed by atoms with E-state index in [1.165, 1.54) is 45.1 Å². The van der Waals surface area contributed by atoms with E-state index in [2.05, 4.69) is 80.4 Å². The van der Waals surface area contributed by atoms with Crippen molar-refractivity contribution in [1.29, 1.82) is 0 Å². The monoisotopic (exact) mass is 514 g/mol. The Morgan fingerprint density at radius 2 is 1.72 bits per heavy atom. The second kappa shape index (κ2) is 10.2. The highest BCUT2D eigenvalue weighted by atomic mass is 19.1. The van der Waals surface area contributed by atoms with E-state index in [1.807, 2.05) is 30.6 Å². The lowest BCUT2D eigenvalue weighted by molar-refractivity contribution is 0.215. The number of rotatable bonds is 6. The van der Waals surface area contributed by atoms with Crippen LogP contribution >= 0.6 is 0 Å². The first-order chi connectivity index (χ1) is 19.2. The maximum Gasteiger partial charge on any atom is 0.123 e. The lowest BCUT2D eigenvalue weighted by Gasteiger charge is -2.32. The van der Waals surface area contributed by atoms with Gasteiger partial charge in [0.2, 0.25) is 0 Å². The van der Waals surface area contributed by atoms with Gasteiger partial charge in [0.1, 0.15) is 5.82 Å². The first-order valence-electron chi connectivity index (χ1n) is 13.8. The Morgan fingerprint density at radius 1 is 0.872 bits per heavy atom. The van der Waals surface area contributed by atoms with Crippen LogP contribution in [0.1, 0.15) is 29.9 Å². The number of piperidine rings is 1. The maximum absolute atomic E-state index is 13.7. The van der Waals surface area contributed by atoms with Gasteiger partial charge in [-0.3, -0.25) is 4.98 Å². The highest BCUT2D eigenvalue weighted by Crippen LogP contribution is 2.37. The minimum absolute atomic E-state index is 0.214. The van der Waals surface area contributed by atoms with E-state index in [0.717, 1.165) is 55.7 Å².